The lowest BCUT2D eigenvalue weighted by atomic mass is 9.76. The quantitative estimate of drug-likeness (QED) is 0.237. The zero-order valence-electron chi connectivity index (χ0n) is 21.0. The van der Waals surface area contributed by atoms with Gasteiger partial charge < -0.3 is 4.90 Å². The first kappa shape index (κ1) is 22.6. The molecule has 0 aliphatic carbocycles. The molecule has 0 N–H and O–H groups in total. The zero-order valence-corrected chi connectivity index (χ0v) is 22.5. The maximum atomic E-state index is 6.32. The number of allylic oxidation sites excluding steroid dienone is 2. The van der Waals surface area contributed by atoms with Gasteiger partial charge in [-0.3, -0.25) is 0 Å². The molecule has 0 saturated carbocycles. The van der Waals surface area contributed by atoms with Crippen LogP contribution in [0.25, 0.3) is 21.5 Å². The minimum Gasteiger partial charge on any atom is -0.347 e. The fourth-order valence-electron chi connectivity index (χ4n) is 6.49. The predicted octanol–water partition coefficient (Wildman–Crippen LogP) is 8.62. The van der Waals surface area contributed by atoms with E-state index in [4.69, 9.17) is 23.2 Å². The Morgan fingerprint density at radius 3 is 1.94 bits per heavy atom. The number of anilines is 1. The molecule has 0 atom stereocenters. The van der Waals surface area contributed by atoms with Crippen LogP contribution in [-0.2, 0) is 10.8 Å². The highest BCUT2D eigenvalue weighted by atomic mass is 35.5. The van der Waals surface area contributed by atoms with Crippen LogP contribution in [0.3, 0.4) is 0 Å². The highest BCUT2D eigenvalue weighted by Gasteiger charge is 2.47. The van der Waals surface area contributed by atoms with E-state index in [1.54, 1.807) is 0 Å². The third-order valence-electron chi connectivity index (χ3n) is 8.17. The van der Waals surface area contributed by atoms with Crippen LogP contribution in [0, 0.1) is 0 Å². The molecule has 0 radical (unpaired) electrons. The van der Waals surface area contributed by atoms with Crippen molar-refractivity contribution in [1.82, 2.24) is 0 Å². The highest BCUT2D eigenvalue weighted by Crippen LogP contribution is 2.51. The SMILES string of the molecule is CN1/C(=C/C2=[N+](C)c3ccc4cc(Cl)ccc4c3C2(C)C)C(C)(C)c2c1ccc1cc(Cl)ccc21. The van der Waals surface area contributed by atoms with E-state index in [0.29, 0.717) is 0 Å². The van der Waals surface area contributed by atoms with Crippen molar-refractivity contribution in [3.8, 4) is 0 Å². The zero-order chi connectivity index (χ0) is 24.9. The van der Waals surface area contributed by atoms with E-state index in [-0.39, 0.29) is 10.8 Å². The minimum atomic E-state index is -0.161. The number of rotatable bonds is 1. The van der Waals surface area contributed by atoms with Crippen molar-refractivity contribution in [3.05, 3.63) is 93.6 Å². The third-order valence-corrected chi connectivity index (χ3v) is 8.64. The highest BCUT2D eigenvalue weighted by molar-refractivity contribution is 6.31. The van der Waals surface area contributed by atoms with Crippen LogP contribution in [0.4, 0.5) is 11.4 Å². The summed E-state index contributed by atoms with van der Waals surface area (Å²) in [5.41, 5.74) is 7.50. The lowest BCUT2D eigenvalue weighted by Crippen LogP contribution is -2.31. The maximum absolute atomic E-state index is 6.32. The molecular formula is C31H29Cl2N2+. The third kappa shape index (κ3) is 3.06. The molecule has 4 heteroatoms. The summed E-state index contributed by atoms with van der Waals surface area (Å²) in [5, 5.41) is 6.44. The summed E-state index contributed by atoms with van der Waals surface area (Å²) in [6.45, 7) is 9.34. The Labute approximate surface area is 217 Å². The molecule has 0 saturated heterocycles. The summed E-state index contributed by atoms with van der Waals surface area (Å²) >= 11 is 12.6. The maximum Gasteiger partial charge on any atom is 0.210 e. The average molecular weight is 500 g/mol. The number of likely N-dealkylation sites (N-methyl/N-ethyl adjacent to an activating group) is 1. The number of halogens is 2. The molecule has 0 unspecified atom stereocenters. The second-order valence-corrected chi connectivity index (χ2v) is 11.8. The predicted molar refractivity (Wildman–Crippen MR) is 151 cm³/mol. The van der Waals surface area contributed by atoms with E-state index in [0.717, 1.165) is 10.0 Å². The van der Waals surface area contributed by atoms with Crippen LogP contribution in [0.2, 0.25) is 10.0 Å². The van der Waals surface area contributed by atoms with Crippen molar-refractivity contribution in [2.24, 2.45) is 0 Å². The summed E-state index contributed by atoms with van der Waals surface area (Å²) in [6.07, 6.45) is 2.42. The van der Waals surface area contributed by atoms with Gasteiger partial charge in [-0.05, 0) is 77.4 Å². The van der Waals surface area contributed by atoms with Gasteiger partial charge in [0.15, 0.2) is 5.71 Å². The van der Waals surface area contributed by atoms with Crippen LogP contribution in [0.5, 0.6) is 0 Å². The Morgan fingerprint density at radius 2 is 1.31 bits per heavy atom. The fourth-order valence-corrected chi connectivity index (χ4v) is 6.85. The van der Waals surface area contributed by atoms with Gasteiger partial charge in [-0.15, -0.1) is 0 Å². The number of benzene rings is 4. The minimum absolute atomic E-state index is 0.161. The van der Waals surface area contributed by atoms with Crippen LogP contribution in [-0.4, -0.2) is 24.4 Å². The Hall–Kier alpha value is -2.81. The van der Waals surface area contributed by atoms with Crippen LogP contribution < -0.4 is 4.90 Å². The van der Waals surface area contributed by atoms with Crippen molar-refractivity contribution in [3.63, 3.8) is 0 Å². The van der Waals surface area contributed by atoms with E-state index >= 15 is 0 Å². The molecule has 0 aromatic heterocycles. The number of fused-ring (bicyclic) bond motifs is 6. The molecular weight excluding hydrogens is 471 g/mol. The summed E-state index contributed by atoms with van der Waals surface area (Å²) in [5.74, 6) is 0. The van der Waals surface area contributed by atoms with E-state index in [1.807, 2.05) is 12.1 Å². The second kappa shape index (κ2) is 7.35. The monoisotopic (exact) mass is 499 g/mol. The molecule has 4 aromatic rings. The molecule has 0 fully saturated rings. The molecule has 6 rings (SSSR count). The lowest BCUT2D eigenvalue weighted by molar-refractivity contribution is -0.401. The summed E-state index contributed by atoms with van der Waals surface area (Å²) in [4.78, 5) is 2.36. The average Bonchev–Trinajstić information content (AvgIpc) is 3.12. The van der Waals surface area contributed by atoms with Crippen molar-refractivity contribution >= 4 is 61.8 Å². The molecule has 2 aliphatic rings. The molecule has 0 spiro atoms. The number of hydrogen-bond acceptors (Lipinski definition) is 1. The van der Waals surface area contributed by atoms with E-state index in [9.17, 15) is 0 Å². The molecule has 2 aliphatic heterocycles. The van der Waals surface area contributed by atoms with Crippen LogP contribution >= 0.6 is 23.2 Å². The van der Waals surface area contributed by atoms with E-state index < -0.39 is 0 Å². The van der Waals surface area contributed by atoms with Crippen molar-refractivity contribution in [1.29, 1.82) is 0 Å². The first-order valence-corrected chi connectivity index (χ1v) is 12.8. The van der Waals surface area contributed by atoms with Crippen molar-refractivity contribution < 1.29 is 4.58 Å². The summed E-state index contributed by atoms with van der Waals surface area (Å²) in [7, 11) is 4.38. The Balaban J connectivity index is 1.55. The first-order valence-electron chi connectivity index (χ1n) is 12.0. The van der Waals surface area contributed by atoms with Gasteiger partial charge in [0.05, 0.1) is 5.41 Å². The summed E-state index contributed by atoms with van der Waals surface area (Å²) in [6, 6.07) is 21.3. The second-order valence-electron chi connectivity index (χ2n) is 10.9. The number of hydrogen-bond donors (Lipinski definition) is 0. The van der Waals surface area contributed by atoms with Crippen molar-refractivity contribution in [2.75, 3.05) is 19.0 Å². The summed E-state index contributed by atoms with van der Waals surface area (Å²) < 4.78 is 2.36. The topological polar surface area (TPSA) is 6.25 Å². The first-order chi connectivity index (χ1) is 16.5. The van der Waals surface area contributed by atoms with Gasteiger partial charge in [-0.2, -0.15) is 4.58 Å². The van der Waals surface area contributed by atoms with Gasteiger partial charge in [-0.1, -0.05) is 55.2 Å². The van der Waals surface area contributed by atoms with Gasteiger partial charge >= 0.3 is 0 Å². The van der Waals surface area contributed by atoms with Crippen LogP contribution in [0.1, 0.15) is 38.8 Å². The normalized spacial score (nSPS) is 19.2. The number of nitrogens with zero attached hydrogens (tertiary/aromatic N) is 2. The Morgan fingerprint density at radius 1 is 0.743 bits per heavy atom. The van der Waals surface area contributed by atoms with Gasteiger partial charge in [0.25, 0.3) is 0 Å². The van der Waals surface area contributed by atoms with Gasteiger partial charge in [0.1, 0.15) is 7.05 Å². The van der Waals surface area contributed by atoms with Gasteiger partial charge in [0, 0.05) is 51.6 Å². The molecule has 176 valence electrons. The largest absolute Gasteiger partial charge is 0.347 e. The smallest absolute Gasteiger partial charge is 0.210 e. The Kier molecular flexibility index (Phi) is 4.75. The lowest BCUT2D eigenvalue weighted by Gasteiger charge is -2.26. The van der Waals surface area contributed by atoms with Gasteiger partial charge in [-0.25, -0.2) is 0 Å². The van der Waals surface area contributed by atoms with E-state index in [1.165, 1.54) is 55.5 Å². The van der Waals surface area contributed by atoms with Crippen molar-refractivity contribution in [2.45, 2.75) is 38.5 Å². The fraction of sp³-hybridized carbons (Fsp3) is 0.258. The molecule has 0 amide bonds. The van der Waals surface area contributed by atoms with Gasteiger partial charge in [0.2, 0.25) is 5.69 Å². The molecule has 4 aromatic carbocycles. The Bertz CT molecular complexity index is 1640. The molecule has 0 bridgehead atoms. The molecule has 35 heavy (non-hydrogen) atoms. The molecule has 2 heterocycles. The van der Waals surface area contributed by atoms with E-state index in [2.05, 4.69) is 106 Å². The standard InChI is InChI=1S/C31H29Cl2N2/c1-30(2)26(34(5)24-13-7-18-15-20(32)9-11-22(18)28(24)30)17-27-31(3,4)29-23-12-10-21(33)16-19(23)8-14-25(29)35(27)6/h7-17H,1-6H3/q+1. The molecule has 2 nitrogen and oxygen atoms in total. The van der Waals surface area contributed by atoms with Crippen LogP contribution in [0.15, 0.2) is 72.4 Å².